The molecule has 1 unspecified atom stereocenters. The minimum atomic E-state index is -0.334. The Hall–Kier alpha value is -1.51. The summed E-state index contributed by atoms with van der Waals surface area (Å²) in [5.74, 6) is 2.59. The number of rotatable bonds is 7. The summed E-state index contributed by atoms with van der Waals surface area (Å²) in [5, 5.41) is 7.32. The van der Waals surface area contributed by atoms with Crippen molar-refractivity contribution < 1.29 is 4.74 Å². The number of anilines is 1. The van der Waals surface area contributed by atoms with Crippen LogP contribution in [0.3, 0.4) is 0 Å². The number of halogens is 1. The number of terminal acetylenes is 1. The Bertz CT molecular complexity index is 508. The van der Waals surface area contributed by atoms with E-state index < -0.39 is 0 Å². The van der Waals surface area contributed by atoms with E-state index in [2.05, 4.69) is 16.3 Å². The van der Waals surface area contributed by atoms with Crippen LogP contribution in [-0.2, 0) is 11.3 Å². The first-order valence-electron chi connectivity index (χ1n) is 6.08. The molecular formula is C13H18ClN3O2. The van der Waals surface area contributed by atoms with Crippen molar-refractivity contribution in [2.75, 3.05) is 19.0 Å². The molecule has 1 N–H and O–H groups in total. The minimum Gasteiger partial charge on any atom is -0.383 e. The number of aromatic nitrogens is 2. The molecule has 0 amide bonds. The summed E-state index contributed by atoms with van der Waals surface area (Å²) in [7, 11) is 1.56. The molecular weight excluding hydrogens is 266 g/mol. The monoisotopic (exact) mass is 283 g/mol. The smallest absolute Gasteiger partial charge is 0.287 e. The van der Waals surface area contributed by atoms with Crippen molar-refractivity contribution in [1.29, 1.82) is 0 Å². The van der Waals surface area contributed by atoms with Gasteiger partial charge in [-0.3, -0.25) is 4.79 Å². The minimum absolute atomic E-state index is 0.0820. The van der Waals surface area contributed by atoms with Crippen molar-refractivity contribution in [3.05, 3.63) is 21.6 Å². The van der Waals surface area contributed by atoms with Crippen LogP contribution in [0.5, 0.6) is 0 Å². The van der Waals surface area contributed by atoms with Crippen LogP contribution in [0.15, 0.2) is 11.0 Å². The number of methoxy groups -OCH3 is 1. The summed E-state index contributed by atoms with van der Waals surface area (Å²) >= 11 is 6.05. The number of hydrogen-bond acceptors (Lipinski definition) is 4. The lowest BCUT2D eigenvalue weighted by atomic mass is 10.1. The van der Waals surface area contributed by atoms with Gasteiger partial charge in [0.2, 0.25) is 0 Å². The van der Waals surface area contributed by atoms with E-state index in [1.54, 1.807) is 13.3 Å². The van der Waals surface area contributed by atoms with Crippen LogP contribution in [0.2, 0.25) is 5.02 Å². The molecule has 1 aromatic heterocycles. The van der Waals surface area contributed by atoms with Crippen molar-refractivity contribution in [3.63, 3.8) is 0 Å². The molecule has 0 saturated heterocycles. The first kappa shape index (κ1) is 15.5. The third kappa shape index (κ3) is 4.27. The van der Waals surface area contributed by atoms with Crippen molar-refractivity contribution in [3.8, 4) is 12.3 Å². The van der Waals surface area contributed by atoms with E-state index in [0.717, 1.165) is 6.42 Å². The standard InChI is InChI=1S/C13H18ClN3O2/c1-4-6-10(5-2)16-11-9-15-17(7-8-19-3)13(18)12(11)14/h1,9-10,16H,5-8H2,2-3H3. The van der Waals surface area contributed by atoms with Crippen LogP contribution >= 0.6 is 11.6 Å². The van der Waals surface area contributed by atoms with E-state index >= 15 is 0 Å². The zero-order valence-electron chi connectivity index (χ0n) is 11.1. The molecule has 5 nitrogen and oxygen atoms in total. The molecule has 0 aromatic carbocycles. The summed E-state index contributed by atoms with van der Waals surface area (Å²) < 4.78 is 6.18. The van der Waals surface area contributed by atoms with Gasteiger partial charge in [0.15, 0.2) is 0 Å². The van der Waals surface area contributed by atoms with Gasteiger partial charge in [-0.25, -0.2) is 4.68 Å². The lowest BCUT2D eigenvalue weighted by Gasteiger charge is -2.16. The quantitative estimate of drug-likeness (QED) is 0.775. The van der Waals surface area contributed by atoms with E-state index in [4.69, 9.17) is 22.8 Å². The summed E-state index contributed by atoms with van der Waals surface area (Å²) in [6.45, 7) is 2.79. The molecule has 0 fully saturated rings. The van der Waals surface area contributed by atoms with Gasteiger partial charge in [0.1, 0.15) is 5.02 Å². The number of hydrogen-bond donors (Lipinski definition) is 1. The highest BCUT2D eigenvalue weighted by Gasteiger charge is 2.12. The fourth-order valence-corrected chi connectivity index (χ4v) is 1.76. The fraction of sp³-hybridized carbons (Fsp3) is 0.538. The van der Waals surface area contributed by atoms with Gasteiger partial charge in [-0.2, -0.15) is 5.10 Å². The van der Waals surface area contributed by atoms with Crippen LogP contribution < -0.4 is 10.9 Å². The van der Waals surface area contributed by atoms with E-state index in [9.17, 15) is 4.79 Å². The third-order valence-corrected chi connectivity index (χ3v) is 3.07. The second-order valence-electron chi connectivity index (χ2n) is 4.05. The molecule has 1 heterocycles. The zero-order chi connectivity index (χ0) is 14.3. The summed E-state index contributed by atoms with van der Waals surface area (Å²) in [6.07, 6.45) is 8.24. The maximum atomic E-state index is 12.0. The van der Waals surface area contributed by atoms with Gasteiger partial charge in [0.05, 0.1) is 25.0 Å². The van der Waals surface area contributed by atoms with E-state index in [1.165, 1.54) is 4.68 Å². The lowest BCUT2D eigenvalue weighted by Crippen LogP contribution is -2.27. The van der Waals surface area contributed by atoms with E-state index in [-0.39, 0.29) is 16.6 Å². The Balaban J connectivity index is 2.90. The Kier molecular flexibility index (Phi) is 6.40. The van der Waals surface area contributed by atoms with Crippen molar-refractivity contribution in [2.24, 2.45) is 0 Å². The van der Waals surface area contributed by atoms with E-state index in [0.29, 0.717) is 25.3 Å². The Labute approximate surface area is 117 Å². The highest BCUT2D eigenvalue weighted by atomic mass is 35.5. The highest BCUT2D eigenvalue weighted by molar-refractivity contribution is 6.32. The molecule has 104 valence electrons. The number of nitrogens with one attached hydrogen (secondary N) is 1. The molecule has 6 heteroatoms. The van der Waals surface area contributed by atoms with Crippen molar-refractivity contribution in [2.45, 2.75) is 32.4 Å². The summed E-state index contributed by atoms with van der Waals surface area (Å²) in [5.41, 5.74) is 0.182. The zero-order valence-corrected chi connectivity index (χ0v) is 11.9. The molecule has 0 radical (unpaired) electrons. The summed E-state index contributed by atoms with van der Waals surface area (Å²) in [6, 6.07) is 0.0820. The van der Waals surface area contributed by atoms with Gasteiger partial charge >= 0.3 is 0 Å². The van der Waals surface area contributed by atoms with Crippen LogP contribution in [0.1, 0.15) is 19.8 Å². The van der Waals surface area contributed by atoms with Crippen molar-refractivity contribution >= 4 is 17.3 Å². The molecule has 0 saturated carbocycles. The summed E-state index contributed by atoms with van der Waals surface area (Å²) in [4.78, 5) is 12.0. The Morgan fingerprint density at radius 2 is 2.42 bits per heavy atom. The molecule has 1 rings (SSSR count). The Morgan fingerprint density at radius 3 is 3.00 bits per heavy atom. The largest absolute Gasteiger partial charge is 0.383 e. The normalized spacial score (nSPS) is 11.9. The molecule has 0 aliphatic heterocycles. The average molecular weight is 284 g/mol. The first-order chi connectivity index (χ1) is 9.13. The first-order valence-corrected chi connectivity index (χ1v) is 6.46. The molecule has 1 atom stereocenters. The second-order valence-corrected chi connectivity index (χ2v) is 4.43. The number of ether oxygens (including phenoxy) is 1. The maximum Gasteiger partial charge on any atom is 0.287 e. The highest BCUT2D eigenvalue weighted by Crippen LogP contribution is 2.18. The van der Waals surface area contributed by atoms with Gasteiger partial charge in [-0.15, -0.1) is 12.3 Å². The van der Waals surface area contributed by atoms with Gasteiger partial charge in [0.25, 0.3) is 5.56 Å². The molecule has 0 aliphatic rings. The molecule has 19 heavy (non-hydrogen) atoms. The molecule has 0 aliphatic carbocycles. The SMILES string of the molecule is C#CCC(CC)Nc1cnn(CCOC)c(=O)c1Cl. The van der Waals surface area contributed by atoms with Crippen molar-refractivity contribution in [1.82, 2.24) is 9.78 Å². The van der Waals surface area contributed by atoms with Crippen LogP contribution in [0, 0.1) is 12.3 Å². The Morgan fingerprint density at radius 1 is 1.68 bits per heavy atom. The number of nitrogens with zero attached hydrogens (tertiary/aromatic N) is 2. The predicted molar refractivity (Wildman–Crippen MR) is 76.5 cm³/mol. The third-order valence-electron chi connectivity index (χ3n) is 2.71. The van der Waals surface area contributed by atoms with Gasteiger partial charge in [-0.1, -0.05) is 18.5 Å². The molecule has 1 aromatic rings. The fourth-order valence-electron chi connectivity index (χ4n) is 1.56. The van der Waals surface area contributed by atoms with Gasteiger partial charge < -0.3 is 10.1 Å². The maximum absolute atomic E-state index is 12.0. The van der Waals surface area contributed by atoms with Gasteiger partial charge in [0, 0.05) is 19.6 Å². The van der Waals surface area contributed by atoms with Gasteiger partial charge in [-0.05, 0) is 6.42 Å². The molecule has 0 bridgehead atoms. The topological polar surface area (TPSA) is 56.1 Å². The van der Waals surface area contributed by atoms with Crippen LogP contribution in [0.4, 0.5) is 5.69 Å². The van der Waals surface area contributed by atoms with Crippen LogP contribution in [0.25, 0.3) is 0 Å². The lowest BCUT2D eigenvalue weighted by molar-refractivity contribution is 0.182. The second kappa shape index (κ2) is 7.82. The average Bonchev–Trinajstić information content (AvgIpc) is 2.42. The van der Waals surface area contributed by atoms with Crippen LogP contribution in [-0.4, -0.2) is 29.5 Å². The van der Waals surface area contributed by atoms with E-state index in [1.807, 2.05) is 6.92 Å². The molecule has 0 spiro atoms. The predicted octanol–water partition coefficient (Wildman–Crippen LogP) is 1.76.